The molecule has 17 heteroatoms. The van der Waals surface area contributed by atoms with Gasteiger partial charge in [0.1, 0.15) is 14.6 Å². The number of aliphatic hydroxyl groups excluding tert-OH is 1. The highest BCUT2D eigenvalue weighted by atomic mass is 32.2. The minimum Gasteiger partial charge on any atom is -0.396 e. The summed E-state index contributed by atoms with van der Waals surface area (Å²) in [6, 6.07) is 6.69. The molecule has 2 unspecified atom stereocenters. The van der Waals surface area contributed by atoms with Crippen molar-refractivity contribution in [2.75, 3.05) is 24.7 Å². The van der Waals surface area contributed by atoms with Crippen molar-refractivity contribution in [3.8, 4) is 0 Å². The Hall–Kier alpha value is -2.79. The van der Waals surface area contributed by atoms with E-state index in [2.05, 4.69) is 4.98 Å². The van der Waals surface area contributed by atoms with Crippen LogP contribution < -0.4 is 0 Å². The molecule has 1 aliphatic heterocycles. The lowest BCUT2D eigenvalue weighted by molar-refractivity contribution is -0.350. The van der Waals surface area contributed by atoms with Gasteiger partial charge in [0, 0.05) is 25.3 Å². The predicted molar refractivity (Wildman–Crippen MR) is 142 cm³/mol. The number of hydrogen-bond acceptors (Lipinski definition) is 7. The van der Waals surface area contributed by atoms with Crippen molar-refractivity contribution in [1.82, 2.24) is 9.88 Å². The number of aryl methyl sites for hydroxylation is 1. The number of likely N-dealkylation sites (tertiary alicyclic amines) is 1. The lowest BCUT2D eigenvalue weighted by atomic mass is 9.80. The van der Waals surface area contributed by atoms with E-state index in [4.69, 9.17) is 5.11 Å². The molecule has 1 fully saturated rings. The molecule has 2 aliphatic rings. The Labute approximate surface area is 249 Å². The third-order valence-electron chi connectivity index (χ3n) is 8.17. The molecule has 0 saturated carbocycles. The van der Waals surface area contributed by atoms with E-state index in [0.717, 1.165) is 6.07 Å². The molecule has 2 atom stereocenters. The lowest BCUT2D eigenvalue weighted by Gasteiger charge is -2.42. The fourth-order valence-corrected chi connectivity index (χ4v) is 9.83. The Morgan fingerprint density at radius 2 is 1.55 bits per heavy atom. The number of pyridine rings is 1. The van der Waals surface area contributed by atoms with E-state index < -0.39 is 65.8 Å². The molecule has 8 nitrogen and oxygen atoms in total. The first-order valence-corrected chi connectivity index (χ1v) is 16.9. The van der Waals surface area contributed by atoms with Gasteiger partial charge in [0.25, 0.3) is 0 Å². The third-order valence-corrected chi connectivity index (χ3v) is 12.5. The Balaban J connectivity index is 1.77. The number of fused-ring (bicyclic) bond motifs is 3. The average Bonchev–Trinajstić information content (AvgIpc) is 3.36. The van der Waals surface area contributed by atoms with Crippen LogP contribution in [0.1, 0.15) is 49.1 Å². The minimum atomic E-state index is -6.42. The summed E-state index contributed by atoms with van der Waals surface area (Å²) in [5.41, 5.74) is -8.48. The monoisotopic (exact) mass is 674 g/mol. The van der Waals surface area contributed by atoms with Crippen molar-refractivity contribution in [1.29, 1.82) is 0 Å². The van der Waals surface area contributed by atoms with Gasteiger partial charge in [-0.25, -0.2) is 21.2 Å². The maximum absolute atomic E-state index is 14.9. The maximum Gasteiger partial charge on any atom is 0.437 e. The highest BCUT2D eigenvalue weighted by Crippen LogP contribution is 2.55. The number of hydrogen-bond donors (Lipinski definition) is 1. The molecule has 0 spiro atoms. The van der Waals surface area contributed by atoms with E-state index in [0.29, 0.717) is 0 Å². The molecule has 1 aromatic heterocycles. The van der Waals surface area contributed by atoms with Crippen molar-refractivity contribution in [3.63, 3.8) is 0 Å². The van der Waals surface area contributed by atoms with Gasteiger partial charge in [0.05, 0.1) is 28.1 Å². The zero-order valence-electron chi connectivity index (χ0n) is 23.0. The third kappa shape index (κ3) is 5.70. The Morgan fingerprint density at radius 3 is 2.14 bits per heavy atom. The van der Waals surface area contributed by atoms with Crippen molar-refractivity contribution in [2.24, 2.45) is 0 Å². The molecule has 1 aliphatic carbocycles. The highest BCUT2D eigenvalue weighted by molar-refractivity contribution is 7.92. The van der Waals surface area contributed by atoms with E-state index in [1.807, 2.05) is 0 Å². The van der Waals surface area contributed by atoms with Crippen LogP contribution in [-0.4, -0.2) is 80.8 Å². The molecule has 1 N–H and O–H groups in total. The van der Waals surface area contributed by atoms with Crippen molar-refractivity contribution in [3.05, 3.63) is 59.4 Å². The normalized spacial score (nSPS) is 21.2. The summed E-state index contributed by atoms with van der Waals surface area (Å²) in [5.74, 6) is -1.22. The van der Waals surface area contributed by atoms with Crippen LogP contribution in [0.15, 0.2) is 47.4 Å². The summed E-state index contributed by atoms with van der Waals surface area (Å²) < 4.78 is 146. The SMILES string of the molecule is O=C(CCCS(=O)(=O)CCCO)N1CCC2(S(=O)(=O)c3ccccc3)c3ccc(C(F)(C(F)(F)F)C(F)(F)F)nc3CCC12. The smallest absolute Gasteiger partial charge is 0.396 e. The second-order valence-electron chi connectivity index (χ2n) is 10.8. The highest BCUT2D eigenvalue weighted by Gasteiger charge is 2.75. The largest absolute Gasteiger partial charge is 0.437 e. The molecular formula is C27H29F7N2O6S2. The number of aliphatic hydroxyl groups is 1. The lowest BCUT2D eigenvalue weighted by Crippen LogP contribution is -2.53. The number of alkyl halides is 7. The number of nitrogens with zero attached hydrogens (tertiary/aromatic N) is 2. The van der Waals surface area contributed by atoms with Crippen LogP contribution in [0.5, 0.6) is 0 Å². The number of rotatable bonds is 10. The molecule has 1 saturated heterocycles. The van der Waals surface area contributed by atoms with Crippen LogP contribution in [0.4, 0.5) is 30.7 Å². The fourth-order valence-electron chi connectivity index (χ4n) is 6.10. The minimum absolute atomic E-state index is 0.0228. The van der Waals surface area contributed by atoms with Gasteiger partial charge in [-0.1, -0.05) is 24.3 Å². The number of halogens is 7. The molecule has 2 aromatic rings. The molecule has 1 amide bonds. The molecule has 44 heavy (non-hydrogen) atoms. The van der Waals surface area contributed by atoms with Gasteiger partial charge in [0.2, 0.25) is 5.91 Å². The van der Waals surface area contributed by atoms with Gasteiger partial charge in [-0.05, 0) is 55.9 Å². The summed E-state index contributed by atoms with van der Waals surface area (Å²) in [7, 11) is -8.05. The first-order valence-electron chi connectivity index (χ1n) is 13.6. The number of aromatic nitrogens is 1. The second-order valence-corrected chi connectivity index (χ2v) is 15.3. The van der Waals surface area contributed by atoms with Gasteiger partial charge < -0.3 is 10.0 Å². The number of carbonyl (C=O) groups excluding carboxylic acids is 1. The molecular weight excluding hydrogens is 645 g/mol. The summed E-state index contributed by atoms with van der Waals surface area (Å²) in [6.07, 6.45) is -14.1. The first kappa shape index (κ1) is 34.1. The maximum atomic E-state index is 14.9. The molecule has 244 valence electrons. The Bertz CT molecular complexity index is 1580. The van der Waals surface area contributed by atoms with E-state index >= 15 is 0 Å². The fraction of sp³-hybridized carbons (Fsp3) is 0.556. The van der Waals surface area contributed by atoms with E-state index in [-0.39, 0.29) is 79.7 Å². The summed E-state index contributed by atoms with van der Waals surface area (Å²) in [6.45, 7) is -0.492. The van der Waals surface area contributed by atoms with Gasteiger partial charge in [-0.2, -0.15) is 26.3 Å². The molecule has 4 rings (SSSR count). The molecule has 0 bridgehead atoms. The second kappa shape index (κ2) is 11.9. The van der Waals surface area contributed by atoms with Crippen LogP contribution in [-0.2, 0) is 41.3 Å². The van der Waals surface area contributed by atoms with Crippen LogP contribution in [0, 0.1) is 0 Å². The number of benzene rings is 1. The Morgan fingerprint density at radius 1 is 0.932 bits per heavy atom. The number of sulfone groups is 2. The summed E-state index contributed by atoms with van der Waals surface area (Å²) in [5, 5.41) is 8.87. The number of amides is 1. The van der Waals surface area contributed by atoms with E-state index in [1.54, 1.807) is 0 Å². The van der Waals surface area contributed by atoms with Crippen molar-refractivity contribution >= 4 is 25.6 Å². The van der Waals surface area contributed by atoms with Gasteiger partial charge in [-0.15, -0.1) is 0 Å². The zero-order chi connectivity index (χ0) is 32.8. The summed E-state index contributed by atoms with van der Waals surface area (Å²) >= 11 is 0. The van der Waals surface area contributed by atoms with Crippen LogP contribution in [0.25, 0.3) is 0 Å². The topological polar surface area (TPSA) is 122 Å². The van der Waals surface area contributed by atoms with E-state index in [1.165, 1.54) is 35.2 Å². The van der Waals surface area contributed by atoms with Crippen molar-refractivity contribution < 1.29 is 57.5 Å². The van der Waals surface area contributed by atoms with Crippen LogP contribution in [0.2, 0.25) is 0 Å². The van der Waals surface area contributed by atoms with Gasteiger partial charge in [-0.3, -0.25) is 9.78 Å². The summed E-state index contributed by atoms with van der Waals surface area (Å²) in [4.78, 5) is 17.8. The average molecular weight is 675 g/mol. The predicted octanol–water partition coefficient (Wildman–Crippen LogP) is 4.16. The van der Waals surface area contributed by atoms with Crippen LogP contribution >= 0.6 is 0 Å². The molecule has 0 radical (unpaired) electrons. The van der Waals surface area contributed by atoms with Gasteiger partial charge >= 0.3 is 18.0 Å². The van der Waals surface area contributed by atoms with Crippen LogP contribution in [0.3, 0.4) is 0 Å². The molecule has 1 aromatic carbocycles. The van der Waals surface area contributed by atoms with E-state index in [9.17, 15) is 52.4 Å². The standard InChI is InChI=1S/C27H29F7N2O6S2/c28-25(26(29,30)31,27(32,33)34)21-11-9-19-20(35-21)10-12-22-24(19,44(41,42)18-6-2-1-3-7-18)13-14-36(22)23(38)8-4-16-43(39,40)17-5-15-37/h1-3,6-7,9,11,22,37H,4-5,8,10,12-17H2. The Kier molecular flexibility index (Phi) is 9.19. The quantitative estimate of drug-likeness (QED) is 0.376. The number of carbonyl (C=O) groups is 1. The zero-order valence-corrected chi connectivity index (χ0v) is 24.7. The molecule has 2 heterocycles. The van der Waals surface area contributed by atoms with Crippen molar-refractivity contribution in [2.45, 2.75) is 72.2 Å². The van der Waals surface area contributed by atoms with Gasteiger partial charge in [0.15, 0.2) is 9.84 Å². The first-order chi connectivity index (χ1) is 20.3.